The molecule has 0 unspecified atom stereocenters. The highest BCUT2D eigenvalue weighted by Crippen LogP contribution is 2.16. The van der Waals surface area contributed by atoms with Gasteiger partial charge in [-0.15, -0.1) is 0 Å². The fraction of sp³-hybridized carbons (Fsp3) is 0.0526. The van der Waals surface area contributed by atoms with Crippen molar-refractivity contribution in [1.82, 2.24) is 10.4 Å². The monoisotopic (exact) mass is 353 g/mol. The first-order chi connectivity index (χ1) is 12.1. The molecule has 0 bridgehead atoms. The van der Waals surface area contributed by atoms with Gasteiger partial charge in [-0.3, -0.25) is 4.79 Å². The topological polar surface area (TPSA) is 66.5 Å². The predicted octanol–water partition coefficient (Wildman–Crippen LogP) is 4.31. The Labute approximate surface area is 150 Å². The molecule has 0 aliphatic rings. The zero-order chi connectivity index (χ0) is 17.6. The van der Waals surface area contributed by atoms with E-state index in [1.807, 2.05) is 42.5 Å². The molecule has 0 saturated heterocycles. The highest BCUT2D eigenvalue weighted by molar-refractivity contribution is 6.30. The van der Waals surface area contributed by atoms with E-state index in [0.29, 0.717) is 5.02 Å². The van der Waals surface area contributed by atoms with Gasteiger partial charge in [0.2, 0.25) is 5.88 Å². The molecule has 2 aromatic carbocycles. The van der Waals surface area contributed by atoms with Gasteiger partial charge in [0.05, 0.1) is 6.21 Å². The Morgan fingerprint density at radius 2 is 2.04 bits per heavy atom. The Balaban J connectivity index is 1.80. The van der Waals surface area contributed by atoms with Crippen molar-refractivity contribution in [1.29, 1.82) is 0 Å². The number of hydrogen-bond donors (Lipinski definition) is 2. The van der Waals surface area contributed by atoms with E-state index in [1.54, 1.807) is 24.4 Å². The smallest absolute Gasteiger partial charge is 0.309 e. The number of hydrogen-bond acceptors (Lipinski definition) is 4. The second-order valence-corrected chi connectivity index (χ2v) is 5.78. The van der Waals surface area contributed by atoms with Crippen LogP contribution in [0.15, 0.2) is 65.6 Å². The number of carbonyl (C=O) groups excluding carboxylic acids is 1. The molecule has 0 amide bonds. The summed E-state index contributed by atoms with van der Waals surface area (Å²) in [5.41, 5.74) is 5.36. The van der Waals surface area contributed by atoms with Crippen LogP contribution in [0.3, 0.4) is 0 Å². The molecule has 0 atom stereocenters. The summed E-state index contributed by atoms with van der Waals surface area (Å²) in [6.45, 7) is 1.33. The van der Waals surface area contributed by atoms with E-state index in [0.717, 1.165) is 22.2 Å². The van der Waals surface area contributed by atoms with Crippen molar-refractivity contribution in [3.8, 4) is 0 Å². The van der Waals surface area contributed by atoms with E-state index < -0.39 is 5.97 Å². The quantitative estimate of drug-likeness (QED) is 0.311. The van der Waals surface area contributed by atoms with Crippen molar-refractivity contribution >= 4 is 40.8 Å². The number of H-pyrrole nitrogens is 1. The number of fused-ring (bicyclic) bond motifs is 1. The molecule has 0 radical (unpaired) electrons. The predicted molar refractivity (Wildman–Crippen MR) is 100 cm³/mol. The summed E-state index contributed by atoms with van der Waals surface area (Å²) < 4.78 is 5.16. The van der Waals surface area contributed by atoms with Crippen LogP contribution >= 0.6 is 11.6 Å². The highest BCUT2D eigenvalue weighted by Gasteiger charge is 2.04. The molecule has 0 spiro atoms. The number of aromatic nitrogens is 1. The maximum absolute atomic E-state index is 11.3. The van der Waals surface area contributed by atoms with E-state index in [1.165, 1.54) is 6.92 Å². The molecule has 1 heterocycles. The maximum Gasteiger partial charge on any atom is 0.309 e. The van der Waals surface area contributed by atoms with Crippen molar-refractivity contribution in [2.75, 3.05) is 0 Å². The lowest BCUT2D eigenvalue weighted by molar-refractivity contribution is -0.137. The molecule has 25 heavy (non-hydrogen) atoms. The lowest BCUT2D eigenvalue weighted by atomic mass is 10.2. The Morgan fingerprint density at radius 3 is 2.80 bits per heavy atom. The molecular formula is C19H16ClN3O2. The Kier molecular flexibility index (Phi) is 5.16. The number of hydrazone groups is 1. The van der Waals surface area contributed by atoms with Crippen molar-refractivity contribution in [2.24, 2.45) is 5.10 Å². The number of esters is 1. The molecule has 3 aromatic rings. The summed E-state index contributed by atoms with van der Waals surface area (Å²) in [5.74, 6) is -0.217. The van der Waals surface area contributed by atoms with Gasteiger partial charge in [-0.1, -0.05) is 41.9 Å². The summed E-state index contributed by atoms with van der Waals surface area (Å²) >= 11 is 5.93. The SMILES string of the molecule is CC(=O)O/C(=C\c1cc2ccccc2[nH]1)N/N=C\c1cccc(Cl)c1. The number of rotatable bonds is 5. The lowest BCUT2D eigenvalue weighted by Gasteiger charge is -2.05. The van der Waals surface area contributed by atoms with Crippen molar-refractivity contribution in [2.45, 2.75) is 6.92 Å². The lowest BCUT2D eigenvalue weighted by Crippen LogP contribution is -2.12. The van der Waals surface area contributed by atoms with Crippen LogP contribution in [-0.4, -0.2) is 17.2 Å². The zero-order valence-corrected chi connectivity index (χ0v) is 14.2. The number of ether oxygens (including phenoxy) is 1. The number of nitrogens with one attached hydrogen (secondary N) is 2. The van der Waals surface area contributed by atoms with Gasteiger partial charge in [-0.25, -0.2) is 5.43 Å². The molecule has 6 heteroatoms. The van der Waals surface area contributed by atoms with Crippen molar-refractivity contribution < 1.29 is 9.53 Å². The molecule has 126 valence electrons. The van der Waals surface area contributed by atoms with Crippen LogP contribution in [0.5, 0.6) is 0 Å². The van der Waals surface area contributed by atoms with Crippen LogP contribution in [0.1, 0.15) is 18.2 Å². The third-order valence-electron chi connectivity index (χ3n) is 3.33. The number of nitrogens with zero attached hydrogens (tertiary/aromatic N) is 1. The third kappa shape index (κ3) is 4.71. The second kappa shape index (κ2) is 7.68. The van der Waals surface area contributed by atoms with Gasteiger partial charge in [0.15, 0.2) is 0 Å². The van der Waals surface area contributed by atoms with Gasteiger partial charge < -0.3 is 9.72 Å². The molecule has 1 aromatic heterocycles. The Bertz CT molecular complexity index is 927. The van der Waals surface area contributed by atoms with Gasteiger partial charge >= 0.3 is 5.97 Å². The fourth-order valence-corrected chi connectivity index (χ4v) is 2.51. The first kappa shape index (κ1) is 16.8. The number of aromatic amines is 1. The molecular weight excluding hydrogens is 338 g/mol. The van der Waals surface area contributed by atoms with E-state index in [-0.39, 0.29) is 5.88 Å². The van der Waals surface area contributed by atoms with Gasteiger partial charge in [0.25, 0.3) is 0 Å². The molecule has 0 aliphatic heterocycles. The first-order valence-corrected chi connectivity index (χ1v) is 8.00. The van der Waals surface area contributed by atoms with E-state index in [4.69, 9.17) is 16.3 Å². The minimum absolute atomic E-state index is 0.220. The van der Waals surface area contributed by atoms with Crippen molar-refractivity contribution in [3.63, 3.8) is 0 Å². The minimum Gasteiger partial charge on any atom is -0.408 e. The second-order valence-electron chi connectivity index (χ2n) is 5.34. The highest BCUT2D eigenvalue weighted by atomic mass is 35.5. The molecule has 2 N–H and O–H groups in total. The van der Waals surface area contributed by atoms with E-state index in [2.05, 4.69) is 15.5 Å². The van der Waals surface area contributed by atoms with Crippen LogP contribution in [0.4, 0.5) is 0 Å². The first-order valence-electron chi connectivity index (χ1n) is 7.63. The minimum atomic E-state index is -0.437. The summed E-state index contributed by atoms with van der Waals surface area (Å²) in [7, 11) is 0. The average Bonchev–Trinajstić information content (AvgIpc) is 2.96. The number of halogens is 1. The average molecular weight is 354 g/mol. The normalized spacial score (nSPS) is 11.8. The fourth-order valence-electron chi connectivity index (χ4n) is 2.31. The van der Waals surface area contributed by atoms with Crippen LogP contribution in [0.2, 0.25) is 5.02 Å². The van der Waals surface area contributed by atoms with Crippen LogP contribution < -0.4 is 5.43 Å². The molecule has 0 aliphatic carbocycles. The number of para-hydroxylation sites is 1. The molecule has 0 fully saturated rings. The summed E-state index contributed by atoms with van der Waals surface area (Å²) in [5, 5.41) is 5.78. The molecule has 3 rings (SSSR count). The van der Waals surface area contributed by atoms with Gasteiger partial charge in [-0.05, 0) is 35.2 Å². The van der Waals surface area contributed by atoms with Crippen LogP contribution in [0.25, 0.3) is 17.0 Å². The van der Waals surface area contributed by atoms with Crippen LogP contribution in [-0.2, 0) is 9.53 Å². The standard InChI is InChI=1S/C19H16ClN3O2/c1-13(24)25-19(23-21-12-14-5-4-7-16(20)9-14)11-17-10-15-6-2-3-8-18(15)22-17/h2-12,22-23H,1H3/b19-11-,21-12-. The van der Waals surface area contributed by atoms with E-state index >= 15 is 0 Å². The van der Waals surface area contributed by atoms with Gasteiger partial charge in [0.1, 0.15) is 0 Å². The van der Waals surface area contributed by atoms with Crippen LogP contribution in [0, 0.1) is 0 Å². The largest absolute Gasteiger partial charge is 0.408 e. The maximum atomic E-state index is 11.3. The summed E-state index contributed by atoms with van der Waals surface area (Å²) in [6, 6.07) is 17.1. The Hall–Kier alpha value is -3.05. The summed E-state index contributed by atoms with van der Waals surface area (Å²) in [4.78, 5) is 14.5. The molecule has 5 nitrogen and oxygen atoms in total. The van der Waals surface area contributed by atoms with Crippen molar-refractivity contribution in [3.05, 3.63) is 76.8 Å². The van der Waals surface area contributed by atoms with Gasteiger partial charge in [-0.2, -0.15) is 5.10 Å². The third-order valence-corrected chi connectivity index (χ3v) is 3.56. The van der Waals surface area contributed by atoms with Gasteiger partial charge in [0, 0.05) is 29.2 Å². The zero-order valence-electron chi connectivity index (χ0n) is 13.5. The Morgan fingerprint density at radius 1 is 1.20 bits per heavy atom. The van der Waals surface area contributed by atoms with E-state index in [9.17, 15) is 4.79 Å². The number of benzene rings is 2. The summed E-state index contributed by atoms with van der Waals surface area (Å²) in [6.07, 6.45) is 3.27. The number of carbonyl (C=O) groups is 1. The molecule has 0 saturated carbocycles.